The first-order valence-corrected chi connectivity index (χ1v) is 6.42. The SMILES string of the molecule is CC(=O)SOc1c(N)cccc1-c1ccccc1N. The number of anilines is 2. The smallest absolute Gasteiger partial charge is 0.224 e. The van der Waals surface area contributed by atoms with Crippen molar-refractivity contribution in [3.63, 3.8) is 0 Å². The zero-order valence-electron chi connectivity index (χ0n) is 10.4. The molecule has 0 aromatic heterocycles. The summed E-state index contributed by atoms with van der Waals surface area (Å²) in [6, 6.07) is 12.8. The summed E-state index contributed by atoms with van der Waals surface area (Å²) in [6.07, 6.45) is 0. The number of para-hydroxylation sites is 2. The number of benzene rings is 2. The highest BCUT2D eigenvalue weighted by atomic mass is 32.2. The molecule has 19 heavy (non-hydrogen) atoms. The summed E-state index contributed by atoms with van der Waals surface area (Å²) in [7, 11) is 0. The summed E-state index contributed by atoms with van der Waals surface area (Å²) in [5.74, 6) is 0.459. The Kier molecular flexibility index (Phi) is 3.97. The lowest BCUT2D eigenvalue weighted by Gasteiger charge is -2.13. The Morgan fingerprint density at radius 1 is 1.00 bits per heavy atom. The second-order valence-electron chi connectivity index (χ2n) is 3.97. The van der Waals surface area contributed by atoms with E-state index < -0.39 is 0 Å². The summed E-state index contributed by atoms with van der Waals surface area (Å²) in [5.41, 5.74) is 14.6. The molecule has 0 fully saturated rings. The van der Waals surface area contributed by atoms with Crippen molar-refractivity contribution in [3.05, 3.63) is 42.5 Å². The Labute approximate surface area is 116 Å². The summed E-state index contributed by atoms with van der Waals surface area (Å²) in [6.45, 7) is 1.43. The number of hydrogen-bond donors (Lipinski definition) is 2. The summed E-state index contributed by atoms with van der Waals surface area (Å²) >= 11 is 0.754. The molecule has 0 aliphatic heterocycles. The third-order valence-electron chi connectivity index (χ3n) is 2.54. The minimum absolute atomic E-state index is 0.143. The fourth-order valence-corrected chi connectivity index (χ4v) is 2.09. The van der Waals surface area contributed by atoms with Crippen LogP contribution in [-0.2, 0) is 4.79 Å². The van der Waals surface area contributed by atoms with Crippen LogP contribution in [0.2, 0.25) is 0 Å². The fourth-order valence-electron chi connectivity index (χ4n) is 1.70. The lowest BCUT2D eigenvalue weighted by atomic mass is 10.0. The molecule has 0 saturated heterocycles. The number of rotatable bonds is 3. The van der Waals surface area contributed by atoms with Gasteiger partial charge in [-0.15, -0.1) is 0 Å². The van der Waals surface area contributed by atoms with Crippen LogP contribution in [0.15, 0.2) is 42.5 Å². The van der Waals surface area contributed by atoms with Gasteiger partial charge >= 0.3 is 0 Å². The maximum absolute atomic E-state index is 11.0. The van der Waals surface area contributed by atoms with Gasteiger partial charge in [0.2, 0.25) is 5.12 Å². The Bertz CT molecular complexity index is 614. The molecule has 0 spiro atoms. The highest BCUT2D eigenvalue weighted by Crippen LogP contribution is 2.39. The normalized spacial score (nSPS) is 10.2. The van der Waals surface area contributed by atoms with Crippen molar-refractivity contribution in [1.29, 1.82) is 0 Å². The average Bonchev–Trinajstić information content (AvgIpc) is 2.37. The standard InChI is InChI=1S/C14H14N2O2S/c1-9(17)19-18-14-11(6-4-8-13(14)16)10-5-2-3-7-12(10)15/h2-8H,15-16H2,1H3. The van der Waals surface area contributed by atoms with Crippen molar-refractivity contribution < 1.29 is 8.98 Å². The van der Waals surface area contributed by atoms with E-state index in [9.17, 15) is 4.79 Å². The monoisotopic (exact) mass is 274 g/mol. The van der Waals surface area contributed by atoms with E-state index in [0.717, 1.165) is 23.2 Å². The van der Waals surface area contributed by atoms with Gasteiger partial charge in [0.1, 0.15) is 12.0 Å². The molecule has 0 radical (unpaired) electrons. The van der Waals surface area contributed by atoms with Crippen molar-refractivity contribution in [2.45, 2.75) is 6.92 Å². The molecule has 4 nitrogen and oxygen atoms in total. The van der Waals surface area contributed by atoms with Gasteiger partial charge in [-0.05, 0) is 12.1 Å². The van der Waals surface area contributed by atoms with E-state index in [1.165, 1.54) is 6.92 Å². The molecule has 0 unspecified atom stereocenters. The van der Waals surface area contributed by atoms with Crippen LogP contribution >= 0.6 is 12.0 Å². The van der Waals surface area contributed by atoms with Crippen LogP contribution in [0.3, 0.4) is 0 Å². The molecule has 0 saturated carbocycles. The van der Waals surface area contributed by atoms with Gasteiger partial charge in [-0.3, -0.25) is 4.79 Å². The van der Waals surface area contributed by atoms with Crippen molar-refractivity contribution in [1.82, 2.24) is 0 Å². The first kappa shape index (κ1) is 13.3. The lowest BCUT2D eigenvalue weighted by molar-refractivity contribution is -0.109. The van der Waals surface area contributed by atoms with Crippen LogP contribution in [0.25, 0.3) is 11.1 Å². The van der Waals surface area contributed by atoms with Crippen molar-refractivity contribution in [2.24, 2.45) is 0 Å². The maximum Gasteiger partial charge on any atom is 0.224 e. The van der Waals surface area contributed by atoms with Crippen molar-refractivity contribution in [2.75, 3.05) is 11.5 Å². The predicted octanol–water partition coefficient (Wildman–Crippen LogP) is 3.09. The quantitative estimate of drug-likeness (QED) is 0.664. The Morgan fingerprint density at radius 2 is 1.63 bits per heavy atom. The van der Waals surface area contributed by atoms with Crippen LogP contribution in [-0.4, -0.2) is 5.12 Å². The molecular formula is C14H14N2O2S. The largest absolute Gasteiger partial charge is 0.415 e. The molecule has 5 heteroatoms. The summed E-state index contributed by atoms with van der Waals surface area (Å²) in [4.78, 5) is 11.0. The van der Waals surface area contributed by atoms with E-state index in [0.29, 0.717) is 17.1 Å². The molecular weight excluding hydrogens is 260 g/mol. The van der Waals surface area contributed by atoms with Crippen molar-refractivity contribution in [3.8, 4) is 16.9 Å². The molecule has 0 amide bonds. The number of carbonyl (C=O) groups excluding carboxylic acids is 1. The third kappa shape index (κ3) is 3.00. The zero-order chi connectivity index (χ0) is 13.8. The van der Waals surface area contributed by atoms with Crippen LogP contribution in [0.5, 0.6) is 5.75 Å². The first-order chi connectivity index (χ1) is 9.09. The molecule has 0 atom stereocenters. The van der Waals surface area contributed by atoms with Crippen LogP contribution in [0.1, 0.15) is 6.92 Å². The number of nitrogen functional groups attached to an aromatic ring is 2. The highest BCUT2D eigenvalue weighted by molar-refractivity contribution is 8.09. The maximum atomic E-state index is 11.0. The minimum atomic E-state index is -0.143. The van der Waals surface area contributed by atoms with E-state index in [1.54, 1.807) is 12.1 Å². The number of nitrogens with two attached hydrogens (primary N) is 2. The van der Waals surface area contributed by atoms with E-state index in [-0.39, 0.29) is 5.12 Å². The van der Waals surface area contributed by atoms with Gasteiger partial charge in [0, 0.05) is 23.7 Å². The van der Waals surface area contributed by atoms with E-state index in [2.05, 4.69) is 0 Å². The fraction of sp³-hybridized carbons (Fsp3) is 0.0714. The van der Waals surface area contributed by atoms with Gasteiger partial charge in [0.25, 0.3) is 0 Å². The topological polar surface area (TPSA) is 78.3 Å². The van der Waals surface area contributed by atoms with Gasteiger partial charge in [-0.1, -0.05) is 30.3 Å². The molecule has 2 aromatic carbocycles. The molecule has 0 heterocycles. The van der Waals surface area contributed by atoms with Crippen LogP contribution < -0.4 is 15.7 Å². The Balaban J connectivity index is 2.48. The molecule has 0 aliphatic rings. The highest BCUT2D eigenvalue weighted by Gasteiger charge is 2.13. The molecule has 98 valence electrons. The summed E-state index contributed by atoms with van der Waals surface area (Å²) in [5, 5.41) is -0.143. The van der Waals surface area contributed by atoms with E-state index >= 15 is 0 Å². The van der Waals surface area contributed by atoms with Gasteiger partial charge in [-0.25, -0.2) is 0 Å². The molecule has 4 N–H and O–H groups in total. The Morgan fingerprint density at radius 3 is 2.32 bits per heavy atom. The second-order valence-corrected chi connectivity index (χ2v) is 4.88. The first-order valence-electron chi connectivity index (χ1n) is 5.68. The average molecular weight is 274 g/mol. The third-order valence-corrected chi connectivity index (χ3v) is 3.02. The second kappa shape index (κ2) is 5.67. The zero-order valence-corrected chi connectivity index (χ0v) is 11.2. The van der Waals surface area contributed by atoms with Gasteiger partial charge < -0.3 is 15.7 Å². The number of hydrogen-bond acceptors (Lipinski definition) is 5. The summed E-state index contributed by atoms with van der Waals surface area (Å²) < 4.78 is 5.43. The van der Waals surface area contributed by atoms with Crippen molar-refractivity contribution >= 4 is 28.5 Å². The van der Waals surface area contributed by atoms with Gasteiger partial charge in [0.05, 0.1) is 5.69 Å². The lowest BCUT2D eigenvalue weighted by Crippen LogP contribution is -1.97. The Hall–Kier alpha value is -2.14. The number of carbonyl (C=O) groups is 1. The van der Waals surface area contributed by atoms with Crippen LogP contribution in [0.4, 0.5) is 11.4 Å². The molecule has 2 rings (SSSR count). The minimum Gasteiger partial charge on any atom is -0.415 e. The van der Waals surface area contributed by atoms with E-state index in [4.69, 9.17) is 15.7 Å². The van der Waals surface area contributed by atoms with Crippen LogP contribution in [0, 0.1) is 0 Å². The van der Waals surface area contributed by atoms with E-state index in [1.807, 2.05) is 30.3 Å². The molecule has 2 aromatic rings. The molecule has 0 aliphatic carbocycles. The molecule has 0 bridgehead atoms. The van der Waals surface area contributed by atoms with Gasteiger partial charge in [0.15, 0.2) is 5.75 Å². The van der Waals surface area contributed by atoms with Gasteiger partial charge in [-0.2, -0.15) is 0 Å². The predicted molar refractivity (Wildman–Crippen MR) is 79.6 cm³/mol.